The number of hydrogen-bond acceptors (Lipinski definition) is 5. The molecule has 2 heterocycles. The first kappa shape index (κ1) is 12.6. The average molecular weight is 275 g/mol. The Kier molecular flexibility index (Phi) is 4.17. The molecule has 1 saturated heterocycles. The quantitative estimate of drug-likeness (QED) is 0.895. The van der Waals surface area contributed by atoms with Gasteiger partial charge in [-0.15, -0.1) is 0 Å². The molecule has 5 nitrogen and oxygen atoms in total. The Morgan fingerprint density at radius 2 is 2.24 bits per heavy atom. The standard InChI is InChI=1S/C10H15ClN4OS/c1-2-12-10-13-7-8(11)9(14-10)15-3-5-17(16)6-4-15/h7H,2-6H2,1H3,(H,12,13,14). The third-order valence-electron chi connectivity index (χ3n) is 2.54. The monoisotopic (exact) mass is 274 g/mol. The highest BCUT2D eigenvalue weighted by Gasteiger charge is 2.19. The van der Waals surface area contributed by atoms with Crippen LogP contribution in [-0.4, -0.2) is 45.3 Å². The maximum atomic E-state index is 11.3. The molecule has 1 aliphatic rings. The van der Waals surface area contributed by atoms with E-state index in [1.807, 2.05) is 6.92 Å². The van der Waals surface area contributed by atoms with Crippen molar-refractivity contribution < 1.29 is 4.21 Å². The van der Waals surface area contributed by atoms with E-state index in [0.29, 0.717) is 22.5 Å². The smallest absolute Gasteiger partial charge is 0.224 e. The van der Waals surface area contributed by atoms with Crippen LogP contribution in [0.4, 0.5) is 11.8 Å². The third-order valence-corrected chi connectivity index (χ3v) is 4.08. The van der Waals surface area contributed by atoms with Gasteiger partial charge in [0.05, 0.1) is 6.20 Å². The number of aromatic nitrogens is 2. The maximum Gasteiger partial charge on any atom is 0.224 e. The summed E-state index contributed by atoms with van der Waals surface area (Å²) in [5.74, 6) is 2.67. The number of rotatable bonds is 3. The minimum Gasteiger partial charge on any atom is -0.354 e. The highest BCUT2D eigenvalue weighted by atomic mass is 35.5. The fourth-order valence-corrected chi connectivity index (χ4v) is 2.94. The van der Waals surface area contributed by atoms with E-state index in [9.17, 15) is 4.21 Å². The van der Waals surface area contributed by atoms with Crippen molar-refractivity contribution in [3.05, 3.63) is 11.2 Å². The molecule has 0 spiro atoms. The SMILES string of the molecule is CCNc1ncc(Cl)c(N2CCS(=O)CC2)n1. The summed E-state index contributed by atoms with van der Waals surface area (Å²) in [5, 5.41) is 3.60. The predicted octanol–water partition coefficient (Wildman–Crippen LogP) is 1.13. The number of nitrogens with zero attached hydrogens (tertiary/aromatic N) is 3. The van der Waals surface area contributed by atoms with Crippen LogP contribution in [0.25, 0.3) is 0 Å². The molecule has 94 valence electrons. The summed E-state index contributed by atoms with van der Waals surface area (Å²) < 4.78 is 11.3. The summed E-state index contributed by atoms with van der Waals surface area (Å²) in [6, 6.07) is 0. The summed E-state index contributed by atoms with van der Waals surface area (Å²) in [5.41, 5.74) is 0. The molecule has 0 atom stereocenters. The molecule has 0 aromatic carbocycles. The second kappa shape index (κ2) is 5.64. The van der Waals surface area contributed by atoms with Crippen LogP contribution in [0.2, 0.25) is 5.02 Å². The molecule has 0 aliphatic carbocycles. The molecule has 0 bridgehead atoms. The molecule has 1 aromatic rings. The zero-order valence-electron chi connectivity index (χ0n) is 9.65. The molecular formula is C10H15ClN4OS. The first-order valence-corrected chi connectivity index (χ1v) is 7.43. The minimum absolute atomic E-state index is 0.541. The van der Waals surface area contributed by atoms with Crippen molar-refractivity contribution in [2.45, 2.75) is 6.92 Å². The Morgan fingerprint density at radius 3 is 2.88 bits per heavy atom. The molecule has 2 rings (SSSR count). The summed E-state index contributed by atoms with van der Waals surface area (Å²) in [4.78, 5) is 10.5. The van der Waals surface area contributed by atoms with Crippen molar-refractivity contribution in [1.29, 1.82) is 0 Å². The summed E-state index contributed by atoms with van der Waals surface area (Å²) in [7, 11) is -0.694. The first-order chi connectivity index (χ1) is 8.20. The van der Waals surface area contributed by atoms with Gasteiger partial charge in [0.1, 0.15) is 5.02 Å². The summed E-state index contributed by atoms with van der Waals surface area (Å²) >= 11 is 6.10. The van der Waals surface area contributed by atoms with E-state index in [1.165, 1.54) is 0 Å². The van der Waals surface area contributed by atoms with Crippen molar-refractivity contribution >= 4 is 34.2 Å². The normalized spacial score (nSPS) is 17.2. The molecule has 0 radical (unpaired) electrons. The average Bonchev–Trinajstić information content (AvgIpc) is 2.33. The molecule has 0 unspecified atom stereocenters. The van der Waals surface area contributed by atoms with Crippen LogP contribution < -0.4 is 10.2 Å². The molecule has 7 heteroatoms. The Labute approximate surface area is 108 Å². The lowest BCUT2D eigenvalue weighted by Crippen LogP contribution is -2.38. The fraction of sp³-hybridized carbons (Fsp3) is 0.600. The van der Waals surface area contributed by atoms with Crippen LogP contribution >= 0.6 is 11.6 Å². The Balaban J connectivity index is 2.18. The minimum atomic E-state index is -0.694. The number of halogens is 1. The predicted molar refractivity (Wildman–Crippen MR) is 71.3 cm³/mol. The van der Waals surface area contributed by atoms with Gasteiger partial charge in [-0.2, -0.15) is 4.98 Å². The van der Waals surface area contributed by atoms with E-state index >= 15 is 0 Å². The van der Waals surface area contributed by atoms with Gasteiger partial charge < -0.3 is 10.2 Å². The molecule has 1 N–H and O–H groups in total. The number of nitrogens with one attached hydrogen (secondary N) is 1. The van der Waals surface area contributed by atoms with Gasteiger partial charge in [-0.1, -0.05) is 11.6 Å². The van der Waals surface area contributed by atoms with Gasteiger partial charge in [0, 0.05) is 41.9 Å². The van der Waals surface area contributed by atoms with Crippen molar-refractivity contribution in [2.24, 2.45) is 0 Å². The van der Waals surface area contributed by atoms with Gasteiger partial charge in [0.15, 0.2) is 5.82 Å². The summed E-state index contributed by atoms with van der Waals surface area (Å²) in [6.45, 7) is 4.22. The molecule has 1 aromatic heterocycles. The molecule has 1 fully saturated rings. The van der Waals surface area contributed by atoms with E-state index in [2.05, 4.69) is 20.2 Å². The van der Waals surface area contributed by atoms with Crippen LogP contribution in [0.5, 0.6) is 0 Å². The largest absolute Gasteiger partial charge is 0.354 e. The zero-order valence-corrected chi connectivity index (χ0v) is 11.2. The van der Waals surface area contributed by atoms with Gasteiger partial charge in [0.2, 0.25) is 5.95 Å². The Bertz CT molecular complexity index is 419. The van der Waals surface area contributed by atoms with E-state index in [-0.39, 0.29) is 0 Å². The third kappa shape index (κ3) is 3.07. The summed E-state index contributed by atoms with van der Waals surface area (Å²) in [6.07, 6.45) is 1.60. The number of hydrogen-bond donors (Lipinski definition) is 1. The van der Waals surface area contributed by atoms with Crippen molar-refractivity contribution in [2.75, 3.05) is 41.4 Å². The van der Waals surface area contributed by atoms with Crippen molar-refractivity contribution in [3.8, 4) is 0 Å². The van der Waals surface area contributed by atoms with Crippen LogP contribution in [0.3, 0.4) is 0 Å². The van der Waals surface area contributed by atoms with Gasteiger partial charge in [-0.05, 0) is 6.92 Å². The molecular weight excluding hydrogens is 260 g/mol. The van der Waals surface area contributed by atoms with Crippen LogP contribution in [0.1, 0.15) is 6.92 Å². The first-order valence-electron chi connectivity index (χ1n) is 5.57. The van der Waals surface area contributed by atoms with Gasteiger partial charge >= 0.3 is 0 Å². The second-order valence-electron chi connectivity index (χ2n) is 3.73. The van der Waals surface area contributed by atoms with Crippen molar-refractivity contribution in [1.82, 2.24) is 9.97 Å². The highest BCUT2D eigenvalue weighted by molar-refractivity contribution is 7.85. The lowest BCUT2D eigenvalue weighted by atomic mass is 10.4. The van der Waals surface area contributed by atoms with Gasteiger partial charge in [0.25, 0.3) is 0 Å². The van der Waals surface area contributed by atoms with Crippen LogP contribution in [0, 0.1) is 0 Å². The van der Waals surface area contributed by atoms with Gasteiger partial charge in [-0.25, -0.2) is 4.98 Å². The topological polar surface area (TPSA) is 58.1 Å². The highest BCUT2D eigenvalue weighted by Crippen LogP contribution is 2.24. The fourth-order valence-electron chi connectivity index (χ4n) is 1.67. The zero-order chi connectivity index (χ0) is 12.3. The lowest BCUT2D eigenvalue weighted by Gasteiger charge is -2.28. The maximum absolute atomic E-state index is 11.3. The molecule has 17 heavy (non-hydrogen) atoms. The molecule has 0 saturated carbocycles. The number of anilines is 2. The van der Waals surface area contributed by atoms with E-state index in [1.54, 1.807) is 6.20 Å². The van der Waals surface area contributed by atoms with E-state index < -0.39 is 10.8 Å². The van der Waals surface area contributed by atoms with E-state index in [0.717, 1.165) is 25.5 Å². The lowest BCUT2D eigenvalue weighted by molar-refractivity contribution is 0.672. The Morgan fingerprint density at radius 1 is 1.53 bits per heavy atom. The second-order valence-corrected chi connectivity index (χ2v) is 5.83. The van der Waals surface area contributed by atoms with Crippen LogP contribution in [-0.2, 0) is 10.8 Å². The van der Waals surface area contributed by atoms with E-state index in [4.69, 9.17) is 11.6 Å². The Hall–Kier alpha value is -0.880. The molecule has 0 amide bonds. The van der Waals surface area contributed by atoms with Crippen molar-refractivity contribution in [3.63, 3.8) is 0 Å². The van der Waals surface area contributed by atoms with Gasteiger partial charge in [-0.3, -0.25) is 4.21 Å². The van der Waals surface area contributed by atoms with Crippen LogP contribution in [0.15, 0.2) is 6.20 Å². The molecule has 1 aliphatic heterocycles.